The molecule has 0 aromatic heterocycles. The van der Waals surface area contributed by atoms with Gasteiger partial charge in [0.2, 0.25) is 0 Å². The first-order valence-corrected chi connectivity index (χ1v) is 4.14. The molecular formula is C7H8F4O4. The van der Waals surface area contributed by atoms with Crippen LogP contribution in [0.25, 0.3) is 0 Å². The third kappa shape index (κ3) is 2.39. The van der Waals surface area contributed by atoms with E-state index in [-0.39, 0.29) is 0 Å². The van der Waals surface area contributed by atoms with Crippen molar-refractivity contribution < 1.29 is 36.5 Å². The second-order valence-electron chi connectivity index (χ2n) is 3.58. The molecule has 0 N–H and O–H groups in total. The van der Waals surface area contributed by atoms with Crippen LogP contribution in [0, 0.1) is 5.41 Å². The number of halogens is 4. The average molecular weight is 232 g/mol. The van der Waals surface area contributed by atoms with E-state index in [4.69, 9.17) is 0 Å². The predicted octanol–water partition coefficient (Wildman–Crippen LogP) is 1.17. The van der Waals surface area contributed by atoms with E-state index < -0.39 is 44.4 Å². The van der Waals surface area contributed by atoms with E-state index in [1.807, 2.05) is 0 Å². The highest BCUT2D eigenvalue weighted by Gasteiger charge is 2.52. The van der Waals surface area contributed by atoms with Crippen LogP contribution in [0.3, 0.4) is 0 Å². The van der Waals surface area contributed by atoms with Gasteiger partial charge in [0.15, 0.2) is 0 Å². The molecule has 2 heterocycles. The summed E-state index contributed by atoms with van der Waals surface area (Å²) in [5, 5.41) is 0. The molecule has 8 heteroatoms. The smallest absolute Gasteiger partial charge is 0.295 e. The predicted molar refractivity (Wildman–Crippen MR) is 36.1 cm³/mol. The molecule has 0 atom stereocenters. The van der Waals surface area contributed by atoms with Crippen molar-refractivity contribution in [2.75, 3.05) is 26.4 Å². The van der Waals surface area contributed by atoms with Crippen molar-refractivity contribution in [3.05, 3.63) is 0 Å². The molecular weight excluding hydrogens is 224 g/mol. The molecule has 0 aromatic carbocycles. The minimum Gasteiger partial charge on any atom is -0.295 e. The maximum absolute atomic E-state index is 12.4. The Labute approximate surface area is 82.0 Å². The molecule has 2 rings (SSSR count). The highest BCUT2D eigenvalue weighted by Crippen LogP contribution is 2.38. The zero-order valence-corrected chi connectivity index (χ0v) is 7.47. The van der Waals surface area contributed by atoms with Crippen LogP contribution in [0.4, 0.5) is 17.6 Å². The topological polar surface area (TPSA) is 36.9 Å². The Hall–Kier alpha value is -0.440. The van der Waals surface area contributed by atoms with Crippen LogP contribution < -0.4 is 0 Å². The zero-order valence-electron chi connectivity index (χ0n) is 7.47. The van der Waals surface area contributed by atoms with Crippen LogP contribution in [0.1, 0.15) is 0 Å². The van der Waals surface area contributed by atoms with Crippen molar-refractivity contribution in [1.29, 1.82) is 0 Å². The van der Waals surface area contributed by atoms with Gasteiger partial charge in [-0.1, -0.05) is 0 Å². The van der Waals surface area contributed by atoms with Gasteiger partial charge in [-0.2, -0.15) is 0 Å². The van der Waals surface area contributed by atoms with E-state index >= 15 is 0 Å². The monoisotopic (exact) mass is 232 g/mol. The lowest BCUT2D eigenvalue weighted by Gasteiger charge is -2.42. The molecule has 2 fully saturated rings. The first-order valence-electron chi connectivity index (χ1n) is 4.14. The van der Waals surface area contributed by atoms with Gasteiger partial charge in [-0.25, -0.2) is 0 Å². The minimum absolute atomic E-state index is 0.448. The summed E-state index contributed by atoms with van der Waals surface area (Å²) in [7, 11) is 0. The Bertz CT molecular complexity index is 208. The number of alkyl halides is 4. The van der Waals surface area contributed by atoms with Gasteiger partial charge in [0.1, 0.15) is 0 Å². The van der Waals surface area contributed by atoms with Crippen molar-refractivity contribution in [2.45, 2.75) is 12.6 Å². The summed E-state index contributed by atoms with van der Waals surface area (Å²) in [5.74, 6) is 0. The zero-order chi connectivity index (χ0) is 11.2. The van der Waals surface area contributed by atoms with Crippen molar-refractivity contribution in [1.82, 2.24) is 0 Å². The normalized spacial score (nSPS) is 32.8. The maximum Gasteiger partial charge on any atom is 0.485 e. The second kappa shape index (κ2) is 3.27. The lowest BCUT2D eigenvalue weighted by Crippen LogP contribution is -2.55. The van der Waals surface area contributed by atoms with E-state index in [2.05, 4.69) is 18.9 Å². The summed E-state index contributed by atoms with van der Waals surface area (Å²) in [4.78, 5) is 0. The van der Waals surface area contributed by atoms with Crippen molar-refractivity contribution in [3.63, 3.8) is 0 Å². The molecule has 88 valence electrons. The van der Waals surface area contributed by atoms with Crippen LogP contribution in [-0.4, -0.2) is 39.0 Å². The number of hydrogen-bond acceptors (Lipinski definition) is 4. The van der Waals surface area contributed by atoms with Gasteiger partial charge in [-0.15, -0.1) is 17.6 Å². The number of ether oxygens (including phenoxy) is 4. The largest absolute Gasteiger partial charge is 0.485 e. The Balaban J connectivity index is 1.95. The lowest BCUT2D eigenvalue weighted by atomic mass is 9.91. The molecule has 2 aliphatic rings. The minimum atomic E-state index is -3.66. The van der Waals surface area contributed by atoms with Gasteiger partial charge in [0.05, 0.1) is 31.8 Å². The fourth-order valence-corrected chi connectivity index (χ4v) is 1.28. The SMILES string of the molecule is FC1(F)OCC2(CO1)COC(F)(F)OC2. The molecule has 1 spiro atoms. The Kier molecular flexibility index (Phi) is 2.41. The molecule has 0 aliphatic carbocycles. The van der Waals surface area contributed by atoms with Crippen LogP contribution in [0.5, 0.6) is 0 Å². The van der Waals surface area contributed by atoms with Gasteiger partial charge in [0.25, 0.3) is 0 Å². The van der Waals surface area contributed by atoms with Crippen LogP contribution in [-0.2, 0) is 18.9 Å². The van der Waals surface area contributed by atoms with Crippen LogP contribution in [0.2, 0.25) is 0 Å². The Morgan fingerprint density at radius 1 is 0.600 bits per heavy atom. The van der Waals surface area contributed by atoms with Crippen molar-refractivity contribution >= 4 is 0 Å². The fourth-order valence-electron chi connectivity index (χ4n) is 1.28. The summed E-state index contributed by atoms with van der Waals surface area (Å²) >= 11 is 0. The van der Waals surface area contributed by atoms with Gasteiger partial charge < -0.3 is 0 Å². The van der Waals surface area contributed by atoms with Crippen molar-refractivity contribution in [3.8, 4) is 0 Å². The first kappa shape index (κ1) is 11.1. The molecule has 0 bridgehead atoms. The summed E-state index contributed by atoms with van der Waals surface area (Å²) in [6.45, 7) is -1.79. The summed E-state index contributed by atoms with van der Waals surface area (Å²) < 4.78 is 65.9. The molecule has 15 heavy (non-hydrogen) atoms. The van der Waals surface area contributed by atoms with Gasteiger partial charge >= 0.3 is 12.6 Å². The highest BCUT2D eigenvalue weighted by molar-refractivity contribution is 4.84. The molecule has 0 unspecified atom stereocenters. The first-order chi connectivity index (χ1) is 6.83. The second-order valence-corrected chi connectivity index (χ2v) is 3.58. The maximum atomic E-state index is 12.4. The van der Waals surface area contributed by atoms with Gasteiger partial charge in [0, 0.05) is 0 Å². The van der Waals surface area contributed by atoms with E-state index in [1.54, 1.807) is 0 Å². The molecule has 0 saturated carbocycles. The van der Waals surface area contributed by atoms with Crippen molar-refractivity contribution in [2.24, 2.45) is 5.41 Å². The lowest BCUT2D eigenvalue weighted by molar-refractivity contribution is -0.477. The quantitative estimate of drug-likeness (QED) is 0.587. The third-order valence-electron chi connectivity index (χ3n) is 2.19. The summed E-state index contributed by atoms with van der Waals surface area (Å²) in [5.41, 5.74) is -1.08. The standard InChI is InChI=1S/C7H8F4O4/c8-6(9)12-1-5(2-13-6)3-14-7(10,11)15-4-5/h1-4H2. The molecule has 2 aliphatic heterocycles. The molecule has 2 saturated heterocycles. The summed E-state index contributed by atoms with van der Waals surface area (Å²) in [6, 6.07) is 0. The van der Waals surface area contributed by atoms with E-state index in [9.17, 15) is 17.6 Å². The number of hydrogen-bond donors (Lipinski definition) is 0. The van der Waals surface area contributed by atoms with Gasteiger partial charge in [-0.3, -0.25) is 18.9 Å². The van der Waals surface area contributed by atoms with E-state index in [0.29, 0.717) is 0 Å². The summed E-state index contributed by atoms with van der Waals surface area (Å²) in [6.07, 6.45) is -7.32. The van der Waals surface area contributed by atoms with E-state index in [1.165, 1.54) is 0 Å². The fraction of sp³-hybridized carbons (Fsp3) is 1.00. The van der Waals surface area contributed by atoms with E-state index in [0.717, 1.165) is 0 Å². The van der Waals surface area contributed by atoms with Crippen LogP contribution >= 0.6 is 0 Å². The molecule has 0 radical (unpaired) electrons. The highest BCUT2D eigenvalue weighted by atomic mass is 19.3. The number of rotatable bonds is 0. The van der Waals surface area contributed by atoms with Crippen LogP contribution in [0.15, 0.2) is 0 Å². The molecule has 4 nitrogen and oxygen atoms in total. The third-order valence-corrected chi connectivity index (χ3v) is 2.19. The average Bonchev–Trinajstić information content (AvgIpc) is 2.15. The Morgan fingerprint density at radius 2 is 0.867 bits per heavy atom. The Morgan fingerprint density at radius 3 is 1.13 bits per heavy atom. The van der Waals surface area contributed by atoms with Gasteiger partial charge in [-0.05, 0) is 0 Å². The molecule has 0 amide bonds. The molecule has 0 aromatic rings.